The van der Waals surface area contributed by atoms with Crippen LogP contribution in [0.2, 0.25) is 0 Å². The molecule has 1 aliphatic heterocycles. The zero-order chi connectivity index (χ0) is 21.4. The summed E-state index contributed by atoms with van der Waals surface area (Å²) < 4.78 is 9.86. The van der Waals surface area contributed by atoms with E-state index in [1.54, 1.807) is 0 Å². The van der Waals surface area contributed by atoms with Gasteiger partial charge in [0.05, 0.1) is 0 Å². The van der Waals surface area contributed by atoms with Gasteiger partial charge in [0.2, 0.25) is 0 Å². The predicted molar refractivity (Wildman–Crippen MR) is 126 cm³/mol. The van der Waals surface area contributed by atoms with Crippen LogP contribution in [0.3, 0.4) is 0 Å². The van der Waals surface area contributed by atoms with Gasteiger partial charge in [-0.05, 0) is 0 Å². The molecule has 2 aromatic carbocycles. The van der Waals surface area contributed by atoms with Crippen molar-refractivity contribution in [3.05, 3.63) is 71.6 Å². The first-order valence-corrected chi connectivity index (χ1v) is 11.5. The average Bonchev–Trinajstić information content (AvgIpc) is 2.76. The number of rotatable bonds is 3. The Kier molecular flexibility index (Phi) is 6.90. The van der Waals surface area contributed by atoms with Crippen LogP contribution in [0.4, 0.5) is 5.69 Å². The molecule has 0 fully saturated rings. The van der Waals surface area contributed by atoms with Crippen LogP contribution in [0, 0.1) is 0 Å². The van der Waals surface area contributed by atoms with Crippen LogP contribution < -0.4 is 27.2 Å². The first-order chi connectivity index (χ1) is 14.4. The molecular weight excluding hydrogens is 475 g/mol. The molecule has 0 bridgehead atoms. The fourth-order valence-electron chi connectivity index (χ4n) is 3.70. The van der Waals surface area contributed by atoms with Crippen molar-refractivity contribution in [3.8, 4) is 21.1 Å². The molecule has 0 radical (unpaired) electrons. The Morgan fingerprint density at radius 1 is 0.968 bits per heavy atom. The minimum absolute atomic E-state index is 0. The van der Waals surface area contributed by atoms with Crippen LogP contribution in [0.25, 0.3) is 30.8 Å². The summed E-state index contributed by atoms with van der Waals surface area (Å²) in [5, 5.41) is 2.38. The van der Waals surface area contributed by atoms with Crippen molar-refractivity contribution >= 4 is 35.8 Å². The summed E-state index contributed by atoms with van der Waals surface area (Å²) in [5.74, 6) is -0.313. The van der Waals surface area contributed by atoms with Gasteiger partial charge < -0.3 is 12.4 Å². The van der Waals surface area contributed by atoms with Gasteiger partial charge in [0.1, 0.15) is 0 Å². The number of methoxy groups -OCH3 is 1. The van der Waals surface area contributed by atoms with E-state index < -0.39 is 0 Å². The van der Waals surface area contributed by atoms with E-state index in [-0.39, 0.29) is 32.9 Å². The third kappa shape index (κ3) is 4.27. The van der Waals surface area contributed by atoms with Gasteiger partial charge in [-0.25, -0.2) is 0 Å². The molecule has 160 valence electrons. The Hall–Kier alpha value is -2.59. The Morgan fingerprint density at radius 3 is 2.39 bits per heavy atom. The maximum atomic E-state index is 12.5. The molecule has 0 aromatic heterocycles. The smallest absolute Gasteiger partial charge is 1.00 e. The van der Waals surface area contributed by atoms with Crippen molar-refractivity contribution in [2.45, 2.75) is 0 Å². The first kappa shape index (κ1) is 23.1. The number of anilines is 1. The SMILES string of the molecule is COC(=O)c1ccccc1-c1c2ccc(=[N+](C)C)cc-2[se]c2cc(N(C)C)ccc12.[Cl-]. The number of hydrogen-bond donors (Lipinski definition) is 0. The van der Waals surface area contributed by atoms with E-state index in [9.17, 15) is 4.79 Å². The Labute approximate surface area is 194 Å². The maximum Gasteiger partial charge on any atom is -1.00 e. The van der Waals surface area contributed by atoms with Gasteiger partial charge in [0.15, 0.2) is 0 Å². The van der Waals surface area contributed by atoms with Crippen LogP contribution in [-0.4, -0.2) is 55.8 Å². The summed E-state index contributed by atoms with van der Waals surface area (Å²) in [5.41, 5.74) is 4.99. The number of carbonyl (C=O) groups excluding carboxylic acids is 1. The molecule has 0 amide bonds. The average molecular weight is 500 g/mol. The van der Waals surface area contributed by atoms with Crippen molar-refractivity contribution in [2.24, 2.45) is 0 Å². The summed E-state index contributed by atoms with van der Waals surface area (Å²) in [4.78, 5) is 14.7. The molecule has 0 unspecified atom stereocenters. The fraction of sp³-hybridized carbons (Fsp3) is 0.200. The standard InChI is InChI=1S/C25H25N2O2Se.ClH/c1-26(2)16-10-12-20-22(14-16)30-23-15-17(27(3)4)11-13-21(23)24(20)18-8-6-7-9-19(18)25(28)29-5;/h6-15H,1-5H3;1H/q+1;/p-1. The Balaban J connectivity index is 0.00000272. The summed E-state index contributed by atoms with van der Waals surface area (Å²) in [6.45, 7) is 0. The van der Waals surface area contributed by atoms with E-state index in [2.05, 4.69) is 74.1 Å². The van der Waals surface area contributed by atoms with Crippen molar-refractivity contribution in [1.82, 2.24) is 4.58 Å². The van der Waals surface area contributed by atoms with E-state index >= 15 is 0 Å². The van der Waals surface area contributed by atoms with Crippen LogP contribution in [0.5, 0.6) is 0 Å². The molecule has 0 N–H and O–H groups in total. The number of ether oxygens (including phenoxy) is 1. The molecule has 0 saturated heterocycles. The van der Waals surface area contributed by atoms with E-state index in [4.69, 9.17) is 4.74 Å². The van der Waals surface area contributed by atoms with Crippen LogP contribution >= 0.6 is 0 Å². The molecule has 1 heterocycles. The molecule has 0 atom stereocenters. The van der Waals surface area contributed by atoms with Gasteiger partial charge in [-0.1, -0.05) is 0 Å². The second kappa shape index (κ2) is 9.27. The summed E-state index contributed by atoms with van der Waals surface area (Å²) >= 11 is 0.173. The van der Waals surface area contributed by atoms with E-state index in [0.717, 1.165) is 11.1 Å². The van der Waals surface area contributed by atoms with Gasteiger partial charge in [-0.3, -0.25) is 0 Å². The zero-order valence-electron chi connectivity index (χ0n) is 18.3. The molecular formula is C25H25ClN2O2Se. The maximum absolute atomic E-state index is 12.5. The molecule has 31 heavy (non-hydrogen) atoms. The second-order valence-corrected chi connectivity index (χ2v) is 9.94. The van der Waals surface area contributed by atoms with E-state index in [1.165, 1.54) is 37.8 Å². The number of hydrogen-bond acceptors (Lipinski definition) is 3. The first-order valence-electron chi connectivity index (χ1n) is 9.76. The molecule has 6 heteroatoms. The molecule has 1 aliphatic carbocycles. The molecule has 2 aromatic rings. The minimum Gasteiger partial charge on any atom is -1.00 e. The molecule has 0 saturated carbocycles. The third-order valence-corrected chi connectivity index (χ3v) is 7.66. The summed E-state index contributed by atoms with van der Waals surface area (Å²) in [7, 11) is 9.68. The number of halogens is 1. The van der Waals surface area contributed by atoms with Gasteiger partial charge >= 0.3 is 183 Å². The zero-order valence-corrected chi connectivity index (χ0v) is 20.7. The van der Waals surface area contributed by atoms with E-state index in [1.807, 2.05) is 24.3 Å². The fourth-order valence-corrected chi connectivity index (χ4v) is 6.13. The number of benzene rings is 3. The quantitative estimate of drug-likeness (QED) is 0.179. The van der Waals surface area contributed by atoms with Gasteiger partial charge in [-0.2, -0.15) is 0 Å². The van der Waals surface area contributed by atoms with Crippen molar-refractivity contribution in [2.75, 3.05) is 40.2 Å². The topological polar surface area (TPSA) is 32.6 Å². The minimum atomic E-state index is -0.313. The van der Waals surface area contributed by atoms with Crippen molar-refractivity contribution < 1.29 is 21.9 Å². The third-order valence-electron chi connectivity index (χ3n) is 5.32. The molecule has 4 rings (SSSR count). The van der Waals surface area contributed by atoms with Crippen molar-refractivity contribution in [1.29, 1.82) is 0 Å². The number of carbonyl (C=O) groups is 1. The largest absolute Gasteiger partial charge is 1.00 e. The molecule has 2 aliphatic rings. The Morgan fingerprint density at radius 2 is 1.71 bits per heavy atom. The van der Waals surface area contributed by atoms with Crippen LogP contribution in [0.1, 0.15) is 10.4 Å². The van der Waals surface area contributed by atoms with E-state index in [0.29, 0.717) is 5.56 Å². The molecule has 4 nitrogen and oxygen atoms in total. The van der Waals surface area contributed by atoms with Gasteiger partial charge in [-0.15, -0.1) is 0 Å². The van der Waals surface area contributed by atoms with Crippen molar-refractivity contribution in [3.63, 3.8) is 0 Å². The monoisotopic (exact) mass is 500 g/mol. The Bertz CT molecular complexity index is 1310. The van der Waals surface area contributed by atoms with Crippen LogP contribution in [-0.2, 0) is 4.74 Å². The van der Waals surface area contributed by atoms with Crippen LogP contribution in [0.15, 0.2) is 60.7 Å². The molecule has 0 spiro atoms. The van der Waals surface area contributed by atoms with Gasteiger partial charge in [0.25, 0.3) is 0 Å². The number of esters is 1. The normalized spacial score (nSPS) is 10.6. The summed E-state index contributed by atoms with van der Waals surface area (Å²) in [6.07, 6.45) is 0. The number of fused-ring (bicyclic) bond motifs is 2. The summed E-state index contributed by atoms with van der Waals surface area (Å²) in [6, 6.07) is 21.0. The van der Waals surface area contributed by atoms with Gasteiger partial charge in [0, 0.05) is 0 Å². The predicted octanol–water partition coefficient (Wildman–Crippen LogP) is 0.557. The second-order valence-electron chi connectivity index (χ2n) is 7.66. The number of nitrogens with zero attached hydrogens (tertiary/aromatic N) is 2.